The van der Waals surface area contributed by atoms with Crippen LogP contribution in [-0.4, -0.2) is 24.4 Å². The topological polar surface area (TPSA) is 84.5 Å². The fourth-order valence-corrected chi connectivity index (χ4v) is 4.14. The van der Waals surface area contributed by atoms with E-state index in [1.165, 1.54) is 6.07 Å². The second-order valence-corrected chi connectivity index (χ2v) is 9.74. The van der Waals surface area contributed by atoms with Gasteiger partial charge in [-0.2, -0.15) is 0 Å². The van der Waals surface area contributed by atoms with E-state index in [0.29, 0.717) is 26.4 Å². The number of nitrogens with one attached hydrogen (secondary N) is 2. The number of hydrogen-bond donors (Lipinski definition) is 2. The van der Waals surface area contributed by atoms with Gasteiger partial charge in [0.15, 0.2) is 6.61 Å². The number of benzene rings is 3. The molecule has 3 rings (SSSR count). The Morgan fingerprint density at radius 3 is 2.06 bits per heavy atom. The minimum atomic E-state index is -0.575. The van der Waals surface area contributed by atoms with Crippen molar-refractivity contribution >= 4 is 75.7 Å². The Labute approximate surface area is 222 Å². The van der Waals surface area contributed by atoms with Crippen LogP contribution in [-0.2, 0) is 19.1 Å². The van der Waals surface area contributed by atoms with Gasteiger partial charge in [-0.05, 0) is 73.2 Å². The first-order valence-corrected chi connectivity index (χ1v) is 12.5. The summed E-state index contributed by atoms with van der Waals surface area (Å²) in [6.07, 6.45) is 0.437. The van der Waals surface area contributed by atoms with Gasteiger partial charge in [-0.3, -0.25) is 14.4 Å². The maximum absolute atomic E-state index is 12.2. The molecule has 0 aliphatic rings. The Morgan fingerprint density at radius 2 is 1.37 bits per heavy atom. The highest BCUT2D eigenvalue weighted by molar-refractivity contribution is 7.99. The molecule has 2 amide bonds. The molecule has 0 heterocycles. The molecule has 0 bridgehead atoms. The number of ether oxygens (including phenoxy) is 1. The maximum Gasteiger partial charge on any atom is 0.306 e. The van der Waals surface area contributed by atoms with Gasteiger partial charge < -0.3 is 15.4 Å². The first kappa shape index (κ1) is 26.9. The fraction of sp³-hybridized carbons (Fsp3) is 0.160. The number of carbonyl (C=O) groups excluding carboxylic acids is 3. The molecule has 6 nitrogen and oxygen atoms in total. The molecular weight excluding hydrogens is 531 g/mol. The van der Waals surface area contributed by atoms with Crippen LogP contribution in [0.3, 0.4) is 0 Å². The van der Waals surface area contributed by atoms with Crippen LogP contribution in [0.4, 0.5) is 11.4 Å². The summed E-state index contributed by atoms with van der Waals surface area (Å²) < 4.78 is 4.95. The van der Waals surface area contributed by atoms with Crippen LogP contribution in [0.1, 0.15) is 19.3 Å². The number of rotatable bonds is 10. The summed E-state index contributed by atoms with van der Waals surface area (Å²) in [6, 6.07) is 19.6. The Hall–Kier alpha value is -2.71. The summed E-state index contributed by atoms with van der Waals surface area (Å²) in [5.41, 5.74) is 0.989. The molecule has 3 aromatic rings. The zero-order chi connectivity index (χ0) is 25.2. The smallest absolute Gasteiger partial charge is 0.306 e. The van der Waals surface area contributed by atoms with Crippen LogP contribution in [0, 0.1) is 0 Å². The van der Waals surface area contributed by atoms with Gasteiger partial charge in [0.25, 0.3) is 5.91 Å². The van der Waals surface area contributed by atoms with Gasteiger partial charge in [0, 0.05) is 38.4 Å². The van der Waals surface area contributed by atoms with Gasteiger partial charge in [0.1, 0.15) is 0 Å². The Morgan fingerprint density at radius 1 is 0.743 bits per heavy atom. The van der Waals surface area contributed by atoms with Crippen molar-refractivity contribution in [3.63, 3.8) is 0 Å². The monoisotopic (exact) mass is 550 g/mol. The third-order valence-electron chi connectivity index (χ3n) is 4.54. The summed E-state index contributed by atoms with van der Waals surface area (Å²) in [7, 11) is 0. The van der Waals surface area contributed by atoms with Crippen LogP contribution in [0.2, 0.25) is 15.1 Å². The van der Waals surface area contributed by atoms with E-state index in [-0.39, 0.29) is 25.2 Å². The second-order valence-electron chi connectivity index (χ2n) is 7.32. The van der Waals surface area contributed by atoms with E-state index in [1.807, 2.05) is 48.5 Å². The summed E-state index contributed by atoms with van der Waals surface area (Å²) in [4.78, 5) is 38.1. The molecule has 35 heavy (non-hydrogen) atoms. The molecule has 0 atom stereocenters. The van der Waals surface area contributed by atoms with E-state index in [2.05, 4.69) is 10.6 Å². The molecule has 182 valence electrons. The lowest BCUT2D eigenvalue weighted by molar-refractivity contribution is -0.147. The summed E-state index contributed by atoms with van der Waals surface area (Å²) >= 11 is 19.3. The van der Waals surface area contributed by atoms with Crippen molar-refractivity contribution in [3.05, 3.63) is 81.8 Å². The quantitative estimate of drug-likeness (QED) is 0.263. The molecule has 0 saturated heterocycles. The van der Waals surface area contributed by atoms with Crippen molar-refractivity contribution in [3.8, 4) is 0 Å². The third kappa shape index (κ3) is 9.45. The highest BCUT2D eigenvalue weighted by Crippen LogP contribution is 2.29. The van der Waals surface area contributed by atoms with Gasteiger partial charge >= 0.3 is 5.97 Å². The molecule has 2 N–H and O–H groups in total. The SMILES string of the molecule is O=C(CCCC(=O)OCC(=O)Nc1cc(Cl)ccc1Cl)Nc1ccc(Sc2ccc(Cl)cc2)cc1. The number of hydrogen-bond acceptors (Lipinski definition) is 5. The van der Waals surface area contributed by atoms with E-state index >= 15 is 0 Å². The first-order chi connectivity index (χ1) is 16.8. The van der Waals surface area contributed by atoms with E-state index in [9.17, 15) is 14.4 Å². The Bertz CT molecular complexity index is 1190. The van der Waals surface area contributed by atoms with Gasteiger partial charge in [-0.1, -0.05) is 46.6 Å². The van der Waals surface area contributed by atoms with E-state index < -0.39 is 18.5 Å². The number of anilines is 2. The van der Waals surface area contributed by atoms with Crippen molar-refractivity contribution in [2.24, 2.45) is 0 Å². The summed E-state index contributed by atoms with van der Waals surface area (Å²) in [5.74, 6) is -1.34. The number of amides is 2. The molecular formula is C25H21Cl3N2O4S. The first-order valence-electron chi connectivity index (χ1n) is 10.5. The lowest BCUT2D eigenvalue weighted by Crippen LogP contribution is -2.21. The largest absolute Gasteiger partial charge is 0.456 e. The number of esters is 1. The molecule has 0 aromatic heterocycles. The average molecular weight is 552 g/mol. The summed E-state index contributed by atoms with van der Waals surface area (Å²) in [5, 5.41) is 6.73. The standard InChI is InChI=1S/C25H21Cl3N2O4S/c26-16-4-9-19(10-5-16)35-20-11-7-18(8-12-20)29-23(31)2-1-3-25(33)34-15-24(32)30-22-14-17(27)6-13-21(22)28/h4-14H,1-3,15H2,(H,29,31)(H,30,32). The van der Waals surface area contributed by atoms with E-state index in [0.717, 1.165) is 9.79 Å². The van der Waals surface area contributed by atoms with Gasteiger partial charge in [0.2, 0.25) is 5.91 Å². The molecule has 0 unspecified atom stereocenters. The normalized spacial score (nSPS) is 10.5. The number of carbonyl (C=O) groups is 3. The van der Waals surface area contributed by atoms with Crippen molar-refractivity contribution in [1.82, 2.24) is 0 Å². The lowest BCUT2D eigenvalue weighted by atomic mass is 10.2. The highest BCUT2D eigenvalue weighted by Gasteiger charge is 2.11. The zero-order valence-electron chi connectivity index (χ0n) is 18.4. The van der Waals surface area contributed by atoms with Gasteiger partial charge in [-0.25, -0.2) is 0 Å². The van der Waals surface area contributed by atoms with Crippen molar-refractivity contribution < 1.29 is 19.1 Å². The molecule has 0 fully saturated rings. The van der Waals surface area contributed by atoms with Crippen molar-refractivity contribution in [2.75, 3.05) is 17.2 Å². The molecule has 0 aliphatic carbocycles. The third-order valence-corrected chi connectivity index (χ3v) is 6.37. The average Bonchev–Trinajstić information content (AvgIpc) is 2.83. The molecule has 0 saturated carbocycles. The predicted octanol–water partition coefficient (Wildman–Crippen LogP) is 7.09. The highest BCUT2D eigenvalue weighted by atomic mass is 35.5. The fourth-order valence-electron chi connectivity index (χ4n) is 2.86. The van der Waals surface area contributed by atoms with Crippen LogP contribution in [0.25, 0.3) is 0 Å². The lowest BCUT2D eigenvalue weighted by Gasteiger charge is -2.09. The van der Waals surface area contributed by atoms with Crippen LogP contribution < -0.4 is 10.6 Å². The van der Waals surface area contributed by atoms with Gasteiger partial charge in [0.05, 0.1) is 10.7 Å². The Kier molecular flexibility index (Phi) is 10.3. The number of halogens is 3. The second kappa shape index (κ2) is 13.4. The van der Waals surface area contributed by atoms with E-state index in [1.54, 1.807) is 23.9 Å². The maximum atomic E-state index is 12.2. The molecule has 0 aliphatic heterocycles. The van der Waals surface area contributed by atoms with Crippen LogP contribution in [0.5, 0.6) is 0 Å². The van der Waals surface area contributed by atoms with Crippen molar-refractivity contribution in [1.29, 1.82) is 0 Å². The van der Waals surface area contributed by atoms with Crippen molar-refractivity contribution in [2.45, 2.75) is 29.1 Å². The van der Waals surface area contributed by atoms with Gasteiger partial charge in [-0.15, -0.1) is 0 Å². The van der Waals surface area contributed by atoms with Crippen LogP contribution >= 0.6 is 46.6 Å². The minimum Gasteiger partial charge on any atom is -0.456 e. The zero-order valence-corrected chi connectivity index (χ0v) is 21.4. The van der Waals surface area contributed by atoms with Crippen LogP contribution in [0.15, 0.2) is 76.5 Å². The van der Waals surface area contributed by atoms with E-state index in [4.69, 9.17) is 39.5 Å². The molecule has 3 aromatic carbocycles. The molecule has 0 radical (unpaired) electrons. The summed E-state index contributed by atoms with van der Waals surface area (Å²) in [6.45, 7) is -0.464. The minimum absolute atomic E-state index is 0.00922. The molecule has 0 spiro atoms. The molecule has 10 heteroatoms. The Balaban J connectivity index is 1.33. The predicted molar refractivity (Wildman–Crippen MR) is 141 cm³/mol.